The largest absolute Gasteiger partial charge is 0.388 e. The first-order valence-corrected chi connectivity index (χ1v) is 9.70. The molecule has 1 aromatic carbocycles. The van der Waals surface area contributed by atoms with Gasteiger partial charge in [0.1, 0.15) is 0 Å². The highest BCUT2D eigenvalue weighted by atomic mass is 16.3. The Morgan fingerprint density at radius 1 is 1.28 bits per heavy atom. The number of aliphatic imine (C=N–C) groups is 1. The molecule has 1 saturated heterocycles. The molecule has 1 saturated carbocycles. The van der Waals surface area contributed by atoms with Gasteiger partial charge in [-0.1, -0.05) is 30.3 Å². The second-order valence-corrected chi connectivity index (χ2v) is 7.48. The van der Waals surface area contributed by atoms with Gasteiger partial charge in [-0.2, -0.15) is 0 Å². The van der Waals surface area contributed by atoms with Crippen LogP contribution in [-0.4, -0.2) is 53.8 Å². The first-order chi connectivity index (χ1) is 12.2. The summed E-state index contributed by atoms with van der Waals surface area (Å²) in [6.07, 6.45) is 5.25. The number of aliphatic hydroxyl groups is 1. The van der Waals surface area contributed by atoms with Crippen molar-refractivity contribution < 1.29 is 5.11 Å². The van der Waals surface area contributed by atoms with Gasteiger partial charge >= 0.3 is 0 Å². The van der Waals surface area contributed by atoms with Crippen molar-refractivity contribution in [3.63, 3.8) is 0 Å². The lowest BCUT2D eigenvalue weighted by atomic mass is 9.80. The van der Waals surface area contributed by atoms with Crippen LogP contribution in [0.5, 0.6) is 0 Å². The van der Waals surface area contributed by atoms with Crippen molar-refractivity contribution in [2.75, 3.05) is 26.2 Å². The third-order valence-corrected chi connectivity index (χ3v) is 5.26. The van der Waals surface area contributed by atoms with Gasteiger partial charge in [0.2, 0.25) is 0 Å². The Balaban J connectivity index is 1.53. The Morgan fingerprint density at radius 3 is 2.76 bits per heavy atom. The fourth-order valence-electron chi connectivity index (χ4n) is 3.64. The van der Waals surface area contributed by atoms with E-state index in [9.17, 15) is 5.11 Å². The summed E-state index contributed by atoms with van der Waals surface area (Å²) in [6.45, 7) is 6.61. The van der Waals surface area contributed by atoms with Crippen molar-refractivity contribution in [3.05, 3.63) is 35.9 Å². The van der Waals surface area contributed by atoms with Gasteiger partial charge in [0.15, 0.2) is 5.96 Å². The maximum Gasteiger partial charge on any atom is 0.191 e. The van der Waals surface area contributed by atoms with Gasteiger partial charge < -0.3 is 15.7 Å². The Kier molecular flexibility index (Phi) is 6.32. The summed E-state index contributed by atoms with van der Waals surface area (Å²) in [5.41, 5.74) is 0.810. The Morgan fingerprint density at radius 2 is 2.08 bits per heavy atom. The predicted octanol–water partition coefficient (Wildman–Crippen LogP) is 2.12. The zero-order valence-corrected chi connectivity index (χ0v) is 15.4. The SMILES string of the molecule is CCNC(=NCC1(O)CCC1)NC1CCCN(Cc2ccccc2)C1. The van der Waals surface area contributed by atoms with Crippen molar-refractivity contribution in [1.29, 1.82) is 0 Å². The normalized spacial score (nSPS) is 23.8. The van der Waals surface area contributed by atoms with Crippen LogP contribution in [0, 0.1) is 0 Å². The Labute approximate surface area is 151 Å². The lowest BCUT2D eigenvalue weighted by molar-refractivity contribution is -0.0236. The van der Waals surface area contributed by atoms with E-state index in [1.807, 2.05) is 0 Å². The van der Waals surface area contributed by atoms with Crippen LogP contribution >= 0.6 is 0 Å². The van der Waals surface area contributed by atoms with Gasteiger partial charge in [-0.3, -0.25) is 9.89 Å². The molecule has 0 aromatic heterocycles. The average Bonchev–Trinajstić information content (AvgIpc) is 2.59. The van der Waals surface area contributed by atoms with Crippen LogP contribution in [0.4, 0.5) is 0 Å². The maximum absolute atomic E-state index is 10.3. The molecule has 0 radical (unpaired) electrons. The monoisotopic (exact) mass is 344 g/mol. The number of benzene rings is 1. The zero-order valence-electron chi connectivity index (χ0n) is 15.4. The van der Waals surface area contributed by atoms with Crippen molar-refractivity contribution >= 4 is 5.96 Å². The van der Waals surface area contributed by atoms with Gasteiger partial charge in [-0.15, -0.1) is 0 Å². The van der Waals surface area contributed by atoms with Crippen LogP contribution < -0.4 is 10.6 Å². The molecule has 1 atom stereocenters. The highest BCUT2D eigenvalue weighted by Gasteiger charge is 2.34. The Hall–Kier alpha value is -1.59. The second kappa shape index (κ2) is 8.68. The summed E-state index contributed by atoms with van der Waals surface area (Å²) in [7, 11) is 0. The smallest absolute Gasteiger partial charge is 0.191 e. The molecule has 1 aliphatic heterocycles. The second-order valence-electron chi connectivity index (χ2n) is 7.48. The van der Waals surface area contributed by atoms with E-state index in [0.29, 0.717) is 12.6 Å². The molecular formula is C20H32N4O. The first-order valence-electron chi connectivity index (χ1n) is 9.70. The van der Waals surface area contributed by atoms with Gasteiger partial charge in [0.25, 0.3) is 0 Å². The summed E-state index contributed by atoms with van der Waals surface area (Å²) < 4.78 is 0. The molecule has 3 rings (SSSR count). The molecule has 0 bridgehead atoms. The van der Waals surface area contributed by atoms with Crippen LogP contribution in [-0.2, 0) is 6.54 Å². The minimum atomic E-state index is -0.561. The van der Waals surface area contributed by atoms with E-state index in [2.05, 4.69) is 57.8 Å². The molecule has 2 aliphatic rings. The number of hydrogen-bond donors (Lipinski definition) is 3. The minimum Gasteiger partial charge on any atom is -0.388 e. The lowest BCUT2D eigenvalue weighted by Crippen LogP contribution is -2.51. The van der Waals surface area contributed by atoms with Gasteiger partial charge in [-0.25, -0.2) is 0 Å². The van der Waals surface area contributed by atoms with Crippen molar-refractivity contribution in [3.8, 4) is 0 Å². The zero-order chi connectivity index (χ0) is 17.5. The van der Waals surface area contributed by atoms with E-state index in [4.69, 9.17) is 0 Å². The molecular weight excluding hydrogens is 312 g/mol. The van der Waals surface area contributed by atoms with Crippen molar-refractivity contribution in [2.45, 2.75) is 57.2 Å². The molecule has 2 fully saturated rings. The first kappa shape index (κ1) is 18.2. The summed E-state index contributed by atoms with van der Waals surface area (Å²) in [4.78, 5) is 7.15. The molecule has 0 amide bonds. The fourth-order valence-corrected chi connectivity index (χ4v) is 3.64. The topological polar surface area (TPSA) is 59.9 Å². The van der Waals surface area contributed by atoms with Crippen LogP contribution in [0.2, 0.25) is 0 Å². The predicted molar refractivity (Wildman–Crippen MR) is 103 cm³/mol. The van der Waals surface area contributed by atoms with Crippen LogP contribution in [0.15, 0.2) is 35.3 Å². The van der Waals surface area contributed by atoms with Crippen LogP contribution in [0.25, 0.3) is 0 Å². The molecule has 1 aliphatic carbocycles. The van der Waals surface area contributed by atoms with Crippen LogP contribution in [0.1, 0.15) is 44.6 Å². The van der Waals surface area contributed by atoms with E-state index in [0.717, 1.165) is 51.4 Å². The summed E-state index contributed by atoms with van der Waals surface area (Å²) in [6, 6.07) is 11.1. The van der Waals surface area contributed by atoms with E-state index in [-0.39, 0.29) is 0 Å². The fraction of sp³-hybridized carbons (Fsp3) is 0.650. The van der Waals surface area contributed by atoms with Gasteiger partial charge in [0, 0.05) is 25.7 Å². The van der Waals surface area contributed by atoms with E-state index in [1.54, 1.807) is 0 Å². The molecule has 0 spiro atoms. The number of piperidine rings is 1. The molecule has 1 aromatic rings. The van der Waals surface area contributed by atoms with Crippen LogP contribution in [0.3, 0.4) is 0 Å². The molecule has 1 heterocycles. The summed E-state index contributed by atoms with van der Waals surface area (Å²) in [5.74, 6) is 0.842. The molecule has 25 heavy (non-hydrogen) atoms. The quantitative estimate of drug-likeness (QED) is 0.546. The van der Waals surface area contributed by atoms with Gasteiger partial charge in [-0.05, 0) is 51.1 Å². The third kappa shape index (κ3) is 5.44. The van der Waals surface area contributed by atoms with E-state index < -0.39 is 5.60 Å². The van der Waals surface area contributed by atoms with Gasteiger partial charge in [0.05, 0.1) is 12.1 Å². The highest BCUT2D eigenvalue weighted by Crippen LogP contribution is 2.31. The number of likely N-dealkylation sites (tertiary alicyclic amines) is 1. The molecule has 5 heteroatoms. The average molecular weight is 345 g/mol. The molecule has 1 unspecified atom stereocenters. The number of rotatable bonds is 6. The molecule has 138 valence electrons. The maximum atomic E-state index is 10.3. The van der Waals surface area contributed by atoms with E-state index in [1.165, 1.54) is 18.4 Å². The number of guanidine groups is 1. The third-order valence-electron chi connectivity index (χ3n) is 5.26. The lowest BCUT2D eigenvalue weighted by Gasteiger charge is -2.36. The number of nitrogens with zero attached hydrogens (tertiary/aromatic N) is 2. The molecule has 3 N–H and O–H groups in total. The van der Waals surface area contributed by atoms with Crippen molar-refractivity contribution in [1.82, 2.24) is 15.5 Å². The number of nitrogens with one attached hydrogen (secondary N) is 2. The number of hydrogen-bond acceptors (Lipinski definition) is 3. The summed E-state index contributed by atoms with van der Waals surface area (Å²) in [5, 5.41) is 17.2. The summed E-state index contributed by atoms with van der Waals surface area (Å²) >= 11 is 0. The van der Waals surface area contributed by atoms with E-state index >= 15 is 0 Å². The highest BCUT2D eigenvalue weighted by molar-refractivity contribution is 5.80. The minimum absolute atomic E-state index is 0.409. The standard InChI is InChI=1S/C20H32N4O/c1-2-21-19(22-16-20(25)11-7-12-20)23-18-10-6-13-24(15-18)14-17-8-4-3-5-9-17/h3-5,8-9,18,25H,2,6-7,10-16H2,1H3,(H2,21,22,23). The molecule has 5 nitrogen and oxygen atoms in total. The van der Waals surface area contributed by atoms with Crippen molar-refractivity contribution in [2.24, 2.45) is 4.99 Å². The Bertz CT molecular complexity index is 556.